The van der Waals surface area contributed by atoms with Crippen LogP contribution in [-0.2, 0) is 0 Å². The van der Waals surface area contributed by atoms with Crippen LogP contribution in [0.3, 0.4) is 0 Å². The zero-order valence-electron chi connectivity index (χ0n) is 13.3. The Morgan fingerprint density at radius 3 is 2.83 bits per heavy atom. The number of piperazine rings is 1. The highest BCUT2D eigenvalue weighted by atomic mass is 35.5. The normalized spacial score (nSPS) is 15.1. The minimum Gasteiger partial charge on any atom is -0.385 e. The number of pyridine rings is 1. The summed E-state index contributed by atoms with van der Waals surface area (Å²) in [5, 5.41) is 8.56. The van der Waals surface area contributed by atoms with E-state index in [9.17, 15) is 0 Å². The third-order valence-corrected chi connectivity index (χ3v) is 4.40. The van der Waals surface area contributed by atoms with Crippen molar-refractivity contribution in [1.29, 1.82) is 0 Å². The van der Waals surface area contributed by atoms with Gasteiger partial charge in [-0.1, -0.05) is 11.6 Å². The quantitative estimate of drug-likeness (QED) is 0.709. The van der Waals surface area contributed by atoms with Crippen molar-refractivity contribution in [2.45, 2.75) is 12.8 Å². The van der Waals surface area contributed by atoms with E-state index in [0.29, 0.717) is 0 Å². The number of anilines is 2. The van der Waals surface area contributed by atoms with Crippen LogP contribution in [0.1, 0.15) is 12.8 Å². The maximum absolute atomic E-state index is 6.48. The minimum absolute atomic E-state index is 0.722. The molecule has 23 heavy (non-hydrogen) atoms. The summed E-state index contributed by atoms with van der Waals surface area (Å²) in [5.41, 5.74) is 7.60. The molecule has 0 bridgehead atoms. The summed E-state index contributed by atoms with van der Waals surface area (Å²) in [4.78, 5) is 7.02. The van der Waals surface area contributed by atoms with Crippen molar-refractivity contribution in [2.24, 2.45) is 5.73 Å². The van der Waals surface area contributed by atoms with E-state index in [2.05, 4.69) is 33.7 Å². The zero-order chi connectivity index (χ0) is 16.1. The molecule has 124 valence electrons. The van der Waals surface area contributed by atoms with Gasteiger partial charge >= 0.3 is 0 Å². The molecule has 0 amide bonds. The largest absolute Gasteiger partial charge is 0.385 e. The molecule has 6 heteroatoms. The van der Waals surface area contributed by atoms with Crippen molar-refractivity contribution >= 4 is 34.0 Å². The van der Waals surface area contributed by atoms with E-state index in [-0.39, 0.29) is 0 Å². The lowest BCUT2D eigenvalue weighted by molar-refractivity contribution is 0.585. The number of nitrogens with two attached hydrogens (primary N) is 1. The van der Waals surface area contributed by atoms with Gasteiger partial charge in [0.05, 0.1) is 10.5 Å². The first-order chi connectivity index (χ1) is 11.3. The Morgan fingerprint density at radius 2 is 2.04 bits per heavy atom. The smallest absolute Gasteiger partial charge is 0.148 e. The molecule has 0 spiro atoms. The second-order valence-corrected chi connectivity index (χ2v) is 6.27. The number of fused-ring (bicyclic) bond motifs is 1. The molecule has 0 radical (unpaired) electrons. The topological polar surface area (TPSA) is 66.2 Å². The number of hydrogen-bond acceptors (Lipinski definition) is 5. The maximum Gasteiger partial charge on any atom is 0.148 e. The summed E-state index contributed by atoms with van der Waals surface area (Å²) in [6.45, 7) is 5.51. The van der Waals surface area contributed by atoms with E-state index in [0.717, 1.165) is 79.5 Å². The average Bonchev–Trinajstić information content (AvgIpc) is 2.59. The SMILES string of the molecule is NCCCCNc1ccc2nc(N3CCNCC3)c(Cl)cc2c1. The molecule has 4 N–H and O–H groups in total. The van der Waals surface area contributed by atoms with Crippen LogP contribution in [0.2, 0.25) is 5.02 Å². The Bertz CT molecular complexity index is 655. The fourth-order valence-electron chi connectivity index (χ4n) is 2.85. The molecule has 2 aromatic rings. The molecule has 0 atom stereocenters. The maximum atomic E-state index is 6.48. The first-order valence-electron chi connectivity index (χ1n) is 8.28. The van der Waals surface area contributed by atoms with Gasteiger partial charge in [-0.05, 0) is 43.7 Å². The van der Waals surface area contributed by atoms with Gasteiger partial charge in [0.25, 0.3) is 0 Å². The van der Waals surface area contributed by atoms with Crippen LogP contribution < -0.4 is 21.3 Å². The number of aromatic nitrogens is 1. The van der Waals surface area contributed by atoms with Gasteiger partial charge in [0.2, 0.25) is 0 Å². The first kappa shape index (κ1) is 16.3. The van der Waals surface area contributed by atoms with Crippen LogP contribution >= 0.6 is 11.6 Å². The van der Waals surface area contributed by atoms with E-state index >= 15 is 0 Å². The highest BCUT2D eigenvalue weighted by Gasteiger charge is 2.15. The van der Waals surface area contributed by atoms with Crippen molar-refractivity contribution < 1.29 is 0 Å². The summed E-state index contributed by atoms with van der Waals surface area (Å²) < 4.78 is 0. The van der Waals surface area contributed by atoms with Crippen LogP contribution in [0.4, 0.5) is 11.5 Å². The minimum atomic E-state index is 0.722. The van der Waals surface area contributed by atoms with Crippen molar-refractivity contribution in [3.8, 4) is 0 Å². The molecular weight excluding hydrogens is 310 g/mol. The van der Waals surface area contributed by atoms with E-state index in [4.69, 9.17) is 22.3 Å². The monoisotopic (exact) mass is 333 g/mol. The summed E-state index contributed by atoms with van der Waals surface area (Å²) in [6.07, 6.45) is 2.12. The predicted molar refractivity (Wildman–Crippen MR) is 98.6 cm³/mol. The zero-order valence-corrected chi connectivity index (χ0v) is 14.1. The molecular formula is C17H24ClN5. The summed E-state index contributed by atoms with van der Waals surface area (Å²) in [7, 11) is 0. The number of hydrogen-bond donors (Lipinski definition) is 3. The number of rotatable bonds is 6. The van der Waals surface area contributed by atoms with E-state index in [1.807, 2.05) is 6.07 Å². The van der Waals surface area contributed by atoms with Crippen molar-refractivity contribution in [2.75, 3.05) is 49.5 Å². The Morgan fingerprint density at radius 1 is 1.22 bits per heavy atom. The number of benzene rings is 1. The molecule has 0 saturated carbocycles. The van der Waals surface area contributed by atoms with Gasteiger partial charge in [0.1, 0.15) is 5.82 Å². The third-order valence-electron chi connectivity index (χ3n) is 4.13. The van der Waals surface area contributed by atoms with E-state index in [1.165, 1.54) is 0 Å². The second kappa shape index (κ2) is 7.81. The van der Waals surface area contributed by atoms with Gasteiger partial charge in [-0.25, -0.2) is 4.98 Å². The van der Waals surface area contributed by atoms with Crippen LogP contribution in [0.15, 0.2) is 24.3 Å². The molecule has 1 aromatic heterocycles. The lowest BCUT2D eigenvalue weighted by atomic mass is 10.2. The third kappa shape index (κ3) is 4.05. The molecule has 1 saturated heterocycles. The summed E-state index contributed by atoms with van der Waals surface area (Å²) >= 11 is 6.48. The van der Waals surface area contributed by atoms with Crippen molar-refractivity contribution in [3.05, 3.63) is 29.3 Å². The van der Waals surface area contributed by atoms with E-state index in [1.54, 1.807) is 0 Å². The predicted octanol–water partition coefficient (Wildman–Crippen LogP) is 2.45. The van der Waals surface area contributed by atoms with Gasteiger partial charge in [0, 0.05) is 43.8 Å². The Hall–Kier alpha value is -1.56. The van der Waals surface area contributed by atoms with Crippen LogP contribution in [-0.4, -0.2) is 44.3 Å². The Balaban J connectivity index is 1.78. The van der Waals surface area contributed by atoms with Crippen molar-refractivity contribution in [3.63, 3.8) is 0 Å². The fraction of sp³-hybridized carbons (Fsp3) is 0.471. The van der Waals surface area contributed by atoms with Gasteiger partial charge in [-0.2, -0.15) is 0 Å². The number of nitrogens with one attached hydrogen (secondary N) is 2. The lowest BCUT2D eigenvalue weighted by Gasteiger charge is -2.29. The standard InChI is InChI=1S/C17H24ClN5/c18-15-12-13-11-14(21-6-2-1-5-19)3-4-16(13)22-17(15)23-9-7-20-8-10-23/h3-4,11-12,20-21H,1-2,5-10,19H2. The summed E-state index contributed by atoms with van der Waals surface area (Å²) in [6, 6.07) is 8.26. The van der Waals surface area contributed by atoms with Crippen LogP contribution in [0.5, 0.6) is 0 Å². The molecule has 1 aliphatic rings. The molecule has 2 heterocycles. The van der Waals surface area contributed by atoms with Gasteiger partial charge < -0.3 is 21.3 Å². The number of nitrogens with zero attached hydrogens (tertiary/aromatic N) is 2. The lowest BCUT2D eigenvalue weighted by Crippen LogP contribution is -2.44. The van der Waals surface area contributed by atoms with Gasteiger partial charge in [0.15, 0.2) is 0 Å². The molecule has 3 rings (SSSR count). The second-order valence-electron chi connectivity index (χ2n) is 5.86. The van der Waals surface area contributed by atoms with Gasteiger partial charge in [-0.3, -0.25) is 0 Å². The van der Waals surface area contributed by atoms with E-state index < -0.39 is 0 Å². The molecule has 1 aromatic carbocycles. The van der Waals surface area contributed by atoms with Gasteiger partial charge in [-0.15, -0.1) is 0 Å². The number of unbranched alkanes of at least 4 members (excludes halogenated alkanes) is 1. The van der Waals surface area contributed by atoms with Crippen LogP contribution in [0.25, 0.3) is 10.9 Å². The Kier molecular flexibility index (Phi) is 5.54. The number of halogens is 1. The Labute approximate surface area is 142 Å². The highest BCUT2D eigenvalue weighted by Crippen LogP contribution is 2.29. The molecule has 5 nitrogen and oxygen atoms in total. The molecule has 1 fully saturated rings. The van der Waals surface area contributed by atoms with Crippen molar-refractivity contribution in [1.82, 2.24) is 10.3 Å². The first-order valence-corrected chi connectivity index (χ1v) is 8.65. The highest BCUT2D eigenvalue weighted by molar-refractivity contribution is 6.33. The molecule has 0 unspecified atom stereocenters. The average molecular weight is 334 g/mol. The summed E-state index contributed by atoms with van der Waals surface area (Å²) in [5.74, 6) is 0.893. The fourth-order valence-corrected chi connectivity index (χ4v) is 3.13. The molecule has 0 aliphatic carbocycles. The molecule has 1 aliphatic heterocycles. The van der Waals surface area contributed by atoms with Crippen LogP contribution in [0, 0.1) is 0 Å².